The van der Waals surface area contributed by atoms with Crippen LogP contribution in [0.1, 0.15) is 18.2 Å². The van der Waals surface area contributed by atoms with Gasteiger partial charge in [-0.05, 0) is 52.6 Å². The summed E-state index contributed by atoms with van der Waals surface area (Å²) in [6.07, 6.45) is 7.77. The van der Waals surface area contributed by atoms with Crippen molar-refractivity contribution >= 4 is 113 Å². The van der Waals surface area contributed by atoms with Crippen LogP contribution in [-0.2, 0) is 0 Å². The minimum absolute atomic E-state index is 0.158. The van der Waals surface area contributed by atoms with Crippen molar-refractivity contribution in [1.82, 2.24) is 14.5 Å². The van der Waals surface area contributed by atoms with Gasteiger partial charge in [-0.3, -0.25) is 0 Å². The SMILES string of the molecule is Clc1nc(C2=CCC(n3c4ccccc4c4c5ccccc5c5c6ccccc6sc5c43)C=C2)c2sc3ccccc3c2n1. The summed E-state index contributed by atoms with van der Waals surface area (Å²) in [5.41, 5.74) is 5.53. The summed E-state index contributed by atoms with van der Waals surface area (Å²) in [5.74, 6) is 0. The Balaban J connectivity index is 1.22. The lowest BCUT2D eigenvalue weighted by molar-refractivity contribution is 0.651. The molecule has 3 nitrogen and oxygen atoms in total. The molecule has 0 bridgehead atoms. The Morgan fingerprint density at radius 3 is 2.07 bits per heavy atom. The van der Waals surface area contributed by atoms with E-state index in [9.17, 15) is 0 Å². The predicted octanol–water partition coefficient (Wildman–Crippen LogP) is 11.7. The van der Waals surface area contributed by atoms with E-state index >= 15 is 0 Å². The average Bonchev–Trinajstić information content (AvgIpc) is 3.75. The zero-order chi connectivity index (χ0) is 28.9. The van der Waals surface area contributed by atoms with E-state index in [0.29, 0.717) is 0 Å². The maximum Gasteiger partial charge on any atom is 0.223 e. The van der Waals surface area contributed by atoms with Crippen LogP contribution in [0.4, 0.5) is 0 Å². The molecule has 0 fully saturated rings. The predicted molar refractivity (Wildman–Crippen MR) is 191 cm³/mol. The molecule has 0 amide bonds. The summed E-state index contributed by atoms with van der Waals surface area (Å²) in [5, 5.41) is 9.38. The van der Waals surface area contributed by atoms with Gasteiger partial charge in [0.15, 0.2) is 0 Å². The molecule has 0 saturated heterocycles. The first-order valence-corrected chi connectivity index (χ1v) is 16.7. The second kappa shape index (κ2) is 9.23. The zero-order valence-corrected chi connectivity index (χ0v) is 25.7. The van der Waals surface area contributed by atoms with E-state index in [1.165, 1.54) is 57.5 Å². The minimum Gasteiger partial charge on any atom is -0.332 e. The molecule has 1 atom stereocenters. The molecule has 0 aliphatic heterocycles. The fourth-order valence-corrected chi connectivity index (χ4v) is 9.83. The van der Waals surface area contributed by atoms with Crippen molar-refractivity contribution in [3.8, 4) is 0 Å². The summed E-state index contributed by atoms with van der Waals surface area (Å²) < 4.78 is 7.55. The van der Waals surface area contributed by atoms with Crippen molar-refractivity contribution in [2.24, 2.45) is 0 Å². The number of nitrogens with zero attached hydrogens (tertiary/aromatic N) is 3. The molecule has 1 aliphatic rings. The van der Waals surface area contributed by atoms with Crippen molar-refractivity contribution in [2.75, 3.05) is 0 Å². The molecule has 9 aromatic rings. The quantitative estimate of drug-likeness (QED) is 0.180. The van der Waals surface area contributed by atoms with Crippen molar-refractivity contribution in [3.63, 3.8) is 0 Å². The number of halogens is 1. The van der Waals surface area contributed by atoms with Gasteiger partial charge in [0, 0.05) is 41.8 Å². The highest BCUT2D eigenvalue weighted by molar-refractivity contribution is 7.27. The molecule has 44 heavy (non-hydrogen) atoms. The van der Waals surface area contributed by atoms with Crippen LogP contribution in [0.25, 0.3) is 78.6 Å². The second-order valence-corrected chi connectivity index (χ2v) is 13.8. The van der Waals surface area contributed by atoms with E-state index in [4.69, 9.17) is 16.6 Å². The van der Waals surface area contributed by atoms with Crippen LogP contribution in [0.2, 0.25) is 5.28 Å². The molecule has 0 spiro atoms. The number of thiophene rings is 2. The smallest absolute Gasteiger partial charge is 0.223 e. The van der Waals surface area contributed by atoms with Crippen molar-refractivity contribution in [1.29, 1.82) is 0 Å². The van der Waals surface area contributed by atoms with Gasteiger partial charge in [-0.2, -0.15) is 0 Å². The van der Waals surface area contributed by atoms with Crippen LogP contribution in [-0.4, -0.2) is 14.5 Å². The fraction of sp³-hybridized carbons (Fsp3) is 0.0526. The van der Waals surface area contributed by atoms with Crippen molar-refractivity contribution in [2.45, 2.75) is 12.5 Å². The van der Waals surface area contributed by atoms with Gasteiger partial charge in [-0.15, -0.1) is 22.7 Å². The Kier molecular flexibility index (Phi) is 5.21. The molecule has 208 valence electrons. The first-order valence-electron chi connectivity index (χ1n) is 14.7. The summed E-state index contributed by atoms with van der Waals surface area (Å²) >= 11 is 10.2. The molecular weight excluding hydrogens is 598 g/mol. The van der Waals surface area contributed by atoms with E-state index in [-0.39, 0.29) is 11.3 Å². The van der Waals surface area contributed by atoms with Gasteiger partial charge in [0.25, 0.3) is 0 Å². The monoisotopic (exact) mass is 619 g/mol. The van der Waals surface area contributed by atoms with E-state index in [0.717, 1.165) is 33.3 Å². The van der Waals surface area contributed by atoms with E-state index < -0.39 is 0 Å². The Labute approximate surface area is 265 Å². The fourth-order valence-electron chi connectivity index (χ4n) is 7.24. The molecule has 10 rings (SSSR count). The maximum absolute atomic E-state index is 6.51. The number of hydrogen-bond donors (Lipinski definition) is 0. The number of fused-ring (bicyclic) bond motifs is 13. The Hall–Kier alpha value is -4.55. The van der Waals surface area contributed by atoms with Gasteiger partial charge in [0.2, 0.25) is 5.28 Å². The van der Waals surface area contributed by atoms with Crippen LogP contribution in [0.15, 0.2) is 115 Å². The number of rotatable bonds is 2. The maximum atomic E-state index is 6.51. The van der Waals surface area contributed by atoms with E-state index in [1.54, 1.807) is 11.3 Å². The summed E-state index contributed by atoms with van der Waals surface area (Å²) in [4.78, 5) is 9.37. The number of para-hydroxylation sites is 1. The third kappa shape index (κ3) is 3.37. The lowest BCUT2D eigenvalue weighted by atomic mass is 9.98. The molecular formula is C38H22ClN3S2. The highest BCUT2D eigenvalue weighted by Gasteiger charge is 2.25. The summed E-state index contributed by atoms with van der Waals surface area (Å²) in [6, 6.07) is 35.2. The largest absolute Gasteiger partial charge is 0.332 e. The number of aromatic nitrogens is 3. The van der Waals surface area contributed by atoms with E-state index in [2.05, 4.69) is 125 Å². The van der Waals surface area contributed by atoms with Crippen LogP contribution in [0.5, 0.6) is 0 Å². The van der Waals surface area contributed by atoms with Crippen molar-refractivity contribution in [3.05, 3.63) is 126 Å². The molecule has 1 aliphatic carbocycles. The van der Waals surface area contributed by atoms with Gasteiger partial charge in [0.05, 0.1) is 32.2 Å². The topological polar surface area (TPSA) is 30.7 Å². The van der Waals surface area contributed by atoms with Crippen LogP contribution < -0.4 is 0 Å². The summed E-state index contributed by atoms with van der Waals surface area (Å²) in [6.45, 7) is 0. The molecule has 0 saturated carbocycles. The molecule has 6 heteroatoms. The third-order valence-electron chi connectivity index (χ3n) is 9.06. The normalized spacial score (nSPS) is 15.6. The number of benzene rings is 5. The number of hydrogen-bond acceptors (Lipinski definition) is 4. The average molecular weight is 620 g/mol. The molecule has 0 radical (unpaired) electrons. The van der Waals surface area contributed by atoms with Gasteiger partial charge >= 0.3 is 0 Å². The number of allylic oxidation sites excluding steroid dienone is 4. The highest BCUT2D eigenvalue weighted by Crippen LogP contribution is 2.48. The second-order valence-electron chi connectivity index (χ2n) is 11.4. The molecule has 4 aromatic heterocycles. The molecule has 5 aromatic carbocycles. The van der Waals surface area contributed by atoms with Gasteiger partial charge in [-0.1, -0.05) is 97.1 Å². The van der Waals surface area contributed by atoms with E-state index in [1.807, 2.05) is 11.3 Å². The first kappa shape index (κ1) is 24.8. The van der Waals surface area contributed by atoms with Gasteiger partial charge < -0.3 is 4.57 Å². The highest BCUT2D eigenvalue weighted by atomic mass is 35.5. The Morgan fingerprint density at radius 2 is 1.30 bits per heavy atom. The third-order valence-corrected chi connectivity index (χ3v) is 11.6. The van der Waals surface area contributed by atoms with Crippen molar-refractivity contribution < 1.29 is 0 Å². The molecule has 4 heterocycles. The lowest BCUT2D eigenvalue weighted by Crippen LogP contribution is -2.08. The zero-order valence-electron chi connectivity index (χ0n) is 23.3. The van der Waals surface area contributed by atoms with Gasteiger partial charge in [0.1, 0.15) is 0 Å². The van der Waals surface area contributed by atoms with Crippen LogP contribution >= 0.6 is 34.3 Å². The Bertz CT molecular complexity index is 2730. The summed E-state index contributed by atoms with van der Waals surface area (Å²) in [7, 11) is 0. The van der Waals surface area contributed by atoms with Gasteiger partial charge in [-0.25, -0.2) is 9.97 Å². The Morgan fingerprint density at radius 1 is 0.659 bits per heavy atom. The molecule has 0 N–H and O–H groups in total. The first-order chi connectivity index (χ1) is 21.7. The van der Waals surface area contributed by atoms with Crippen LogP contribution in [0.3, 0.4) is 0 Å². The molecule has 1 unspecified atom stereocenters. The standard InChI is InChI=1S/C38H22ClN3S2/c39-38-40-33(37-34(41-38)27-13-5-8-16-30(27)44-37)21-17-19-22(20-18-21)42-28-14-6-3-11-25(28)31-23-9-1-2-10-24(23)32-26-12-4-7-15-29(26)43-36(32)35(31)42/h1-19,22H,20H2. The lowest BCUT2D eigenvalue weighted by Gasteiger charge is -2.21. The van der Waals surface area contributed by atoms with Crippen LogP contribution in [0, 0.1) is 0 Å². The minimum atomic E-state index is 0.158.